The third-order valence-corrected chi connectivity index (χ3v) is 1.47. The van der Waals surface area contributed by atoms with Crippen molar-refractivity contribution in [3.8, 4) is 0 Å². The minimum absolute atomic E-state index is 0.501. The molecule has 12 heavy (non-hydrogen) atoms. The molecule has 0 atom stereocenters. The normalized spacial score (nSPS) is 9.50. The van der Waals surface area contributed by atoms with Crippen molar-refractivity contribution in [3.05, 3.63) is 29.8 Å². The van der Waals surface area contributed by atoms with Crippen LogP contribution in [0.3, 0.4) is 0 Å². The monoisotopic (exact) mass is 164 g/mol. The van der Waals surface area contributed by atoms with Gasteiger partial charge in [-0.1, -0.05) is 17.7 Å². The van der Waals surface area contributed by atoms with E-state index in [-0.39, 0.29) is 0 Å². The smallest absolute Gasteiger partial charge is 0.253 e. The Kier molecular flexibility index (Phi) is 2.82. The lowest BCUT2D eigenvalue weighted by atomic mass is 10.2. The molecule has 0 heterocycles. The second-order valence-electron chi connectivity index (χ2n) is 2.56. The van der Waals surface area contributed by atoms with Crippen molar-refractivity contribution in [2.24, 2.45) is 0 Å². The maximum absolute atomic E-state index is 10.6. The first-order valence-electron chi connectivity index (χ1n) is 3.67. The van der Waals surface area contributed by atoms with E-state index >= 15 is 0 Å². The van der Waals surface area contributed by atoms with Crippen LogP contribution in [-0.4, -0.2) is 12.5 Å². The Hall–Kier alpha value is -1.35. The largest absolute Gasteiger partial charge is 0.324 e. The van der Waals surface area contributed by atoms with Gasteiger partial charge in [0.2, 0.25) is 0 Å². The van der Waals surface area contributed by atoms with Crippen molar-refractivity contribution in [2.75, 3.05) is 11.9 Å². The lowest BCUT2D eigenvalue weighted by Gasteiger charge is -2.01. The van der Waals surface area contributed by atoms with E-state index in [0.717, 1.165) is 5.56 Å². The van der Waals surface area contributed by atoms with Gasteiger partial charge < -0.3 is 5.32 Å². The highest BCUT2D eigenvalue weighted by atomic mass is 16.3. The molecular formula is C9H10NO2. The number of amides is 1. The molecular weight excluding hydrogens is 154 g/mol. The van der Waals surface area contributed by atoms with Crippen molar-refractivity contribution < 1.29 is 9.90 Å². The molecule has 1 aromatic carbocycles. The van der Waals surface area contributed by atoms with Gasteiger partial charge in [0, 0.05) is 5.69 Å². The summed E-state index contributed by atoms with van der Waals surface area (Å²) in [6, 6.07) is 7.28. The number of carbonyl (C=O) groups excluding carboxylic acids is 1. The van der Waals surface area contributed by atoms with Gasteiger partial charge in [-0.3, -0.25) is 4.79 Å². The topological polar surface area (TPSA) is 49.0 Å². The molecule has 0 spiro atoms. The molecule has 0 saturated heterocycles. The van der Waals surface area contributed by atoms with E-state index in [1.165, 1.54) is 0 Å². The van der Waals surface area contributed by atoms with Crippen LogP contribution in [0.25, 0.3) is 0 Å². The summed E-state index contributed by atoms with van der Waals surface area (Å²) in [5, 5.41) is 12.6. The molecule has 1 radical (unpaired) electrons. The highest BCUT2D eigenvalue weighted by Crippen LogP contribution is 2.07. The summed E-state index contributed by atoms with van der Waals surface area (Å²) in [6.45, 7) is 1.23. The fraction of sp³-hybridized carbons (Fsp3) is 0.222. The van der Waals surface area contributed by atoms with Crippen molar-refractivity contribution in [2.45, 2.75) is 6.92 Å². The van der Waals surface area contributed by atoms with E-state index in [1.54, 1.807) is 12.1 Å². The van der Waals surface area contributed by atoms with Crippen LogP contribution in [0.2, 0.25) is 0 Å². The summed E-state index contributed by atoms with van der Waals surface area (Å²) in [5.74, 6) is -0.501. The predicted molar refractivity (Wildman–Crippen MR) is 45.4 cm³/mol. The van der Waals surface area contributed by atoms with Crippen molar-refractivity contribution in [1.29, 1.82) is 0 Å². The number of hydrogen-bond acceptors (Lipinski definition) is 1. The molecule has 1 N–H and O–H groups in total. The van der Waals surface area contributed by atoms with Crippen LogP contribution in [-0.2, 0) is 9.90 Å². The van der Waals surface area contributed by atoms with E-state index < -0.39 is 12.5 Å². The predicted octanol–water partition coefficient (Wildman–Crippen LogP) is 1.36. The maximum atomic E-state index is 10.6. The van der Waals surface area contributed by atoms with Gasteiger partial charge in [0.05, 0.1) is 0 Å². The summed E-state index contributed by atoms with van der Waals surface area (Å²) in [5.41, 5.74) is 1.79. The minimum Gasteiger partial charge on any atom is -0.324 e. The number of rotatable bonds is 2. The Morgan fingerprint density at radius 1 is 1.33 bits per heavy atom. The summed E-state index contributed by atoms with van der Waals surface area (Å²) in [4.78, 5) is 10.6. The molecule has 1 amide bonds. The fourth-order valence-corrected chi connectivity index (χ4v) is 0.834. The molecule has 0 aliphatic heterocycles. The van der Waals surface area contributed by atoms with Gasteiger partial charge in [0.1, 0.15) is 0 Å². The summed E-state index contributed by atoms with van der Waals surface area (Å²) in [6.07, 6.45) is 0. The van der Waals surface area contributed by atoms with Crippen LogP contribution in [0.1, 0.15) is 5.56 Å². The molecule has 1 rings (SSSR count). The van der Waals surface area contributed by atoms with Crippen LogP contribution in [0, 0.1) is 6.92 Å². The third kappa shape index (κ3) is 2.36. The Bertz CT molecular complexity index is 266. The van der Waals surface area contributed by atoms with Crippen molar-refractivity contribution in [3.63, 3.8) is 0 Å². The number of benzene rings is 1. The van der Waals surface area contributed by atoms with Crippen LogP contribution in [0.15, 0.2) is 24.3 Å². The number of anilines is 1. The molecule has 0 aliphatic carbocycles. The highest BCUT2D eigenvalue weighted by Gasteiger charge is 1.98. The number of aryl methyl sites for hydroxylation is 1. The minimum atomic E-state index is -0.728. The van der Waals surface area contributed by atoms with Gasteiger partial charge in [-0.25, -0.2) is 5.11 Å². The quantitative estimate of drug-likeness (QED) is 0.705. The summed E-state index contributed by atoms with van der Waals surface area (Å²) in [7, 11) is 0. The third-order valence-electron chi connectivity index (χ3n) is 1.47. The summed E-state index contributed by atoms with van der Waals surface area (Å²) < 4.78 is 0. The Morgan fingerprint density at radius 2 is 1.92 bits per heavy atom. The maximum Gasteiger partial charge on any atom is 0.253 e. The number of nitrogens with one attached hydrogen (secondary N) is 1. The van der Waals surface area contributed by atoms with Gasteiger partial charge in [0.15, 0.2) is 6.61 Å². The highest BCUT2D eigenvalue weighted by molar-refractivity contribution is 5.91. The lowest BCUT2D eigenvalue weighted by Crippen LogP contribution is -2.14. The van der Waals surface area contributed by atoms with Crippen LogP contribution >= 0.6 is 0 Å². The Labute approximate surface area is 71.0 Å². The van der Waals surface area contributed by atoms with Gasteiger partial charge in [-0.15, -0.1) is 0 Å². The molecule has 1 aromatic rings. The number of hydrogen-bond donors (Lipinski definition) is 1. The average molecular weight is 164 g/mol. The summed E-state index contributed by atoms with van der Waals surface area (Å²) >= 11 is 0. The first kappa shape index (κ1) is 8.74. The van der Waals surface area contributed by atoms with Gasteiger partial charge in [-0.2, -0.15) is 0 Å². The zero-order chi connectivity index (χ0) is 8.97. The Balaban J connectivity index is 2.64. The molecule has 3 nitrogen and oxygen atoms in total. The second kappa shape index (κ2) is 3.88. The standard InChI is InChI=1S/C9H10NO2/c1-7-2-4-8(5-3-7)10-9(12)6-11/h2-5H,6H2,1H3,(H,10,12). The zero-order valence-electron chi connectivity index (χ0n) is 6.83. The molecule has 0 aliphatic rings. The molecule has 0 fully saturated rings. The molecule has 0 bridgehead atoms. The van der Waals surface area contributed by atoms with E-state index in [4.69, 9.17) is 0 Å². The molecule has 0 saturated carbocycles. The second-order valence-corrected chi connectivity index (χ2v) is 2.56. The fourth-order valence-electron chi connectivity index (χ4n) is 0.834. The van der Waals surface area contributed by atoms with Crippen molar-refractivity contribution >= 4 is 11.6 Å². The van der Waals surface area contributed by atoms with E-state index in [2.05, 4.69) is 5.32 Å². The molecule has 0 aromatic heterocycles. The first-order chi connectivity index (χ1) is 5.72. The SMILES string of the molecule is Cc1ccc(NC(=O)C[O])cc1. The van der Waals surface area contributed by atoms with Crippen LogP contribution in [0.5, 0.6) is 0 Å². The lowest BCUT2D eigenvalue weighted by molar-refractivity contribution is -0.120. The van der Waals surface area contributed by atoms with Gasteiger partial charge >= 0.3 is 0 Å². The van der Waals surface area contributed by atoms with Crippen molar-refractivity contribution in [1.82, 2.24) is 0 Å². The molecule has 63 valence electrons. The van der Waals surface area contributed by atoms with Gasteiger partial charge in [-0.05, 0) is 19.1 Å². The van der Waals surface area contributed by atoms with E-state index in [0.29, 0.717) is 5.69 Å². The first-order valence-corrected chi connectivity index (χ1v) is 3.67. The Morgan fingerprint density at radius 3 is 2.42 bits per heavy atom. The molecule has 0 unspecified atom stereocenters. The zero-order valence-corrected chi connectivity index (χ0v) is 6.83. The van der Waals surface area contributed by atoms with Crippen LogP contribution in [0.4, 0.5) is 5.69 Å². The average Bonchev–Trinajstić information content (AvgIpc) is 2.09. The number of carbonyl (C=O) groups is 1. The van der Waals surface area contributed by atoms with E-state index in [9.17, 15) is 9.90 Å². The molecule has 3 heteroatoms. The van der Waals surface area contributed by atoms with Crippen LogP contribution < -0.4 is 5.32 Å². The van der Waals surface area contributed by atoms with E-state index in [1.807, 2.05) is 19.1 Å². The van der Waals surface area contributed by atoms with Gasteiger partial charge in [0.25, 0.3) is 5.91 Å².